The maximum Gasteiger partial charge on any atom is 0.274 e. The van der Waals surface area contributed by atoms with Gasteiger partial charge in [0.1, 0.15) is 12.4 Å². The number of carbonyl (C=O) groups is 1. The van der Waals surface area contributed by atoms with Crippen molar-refractivity contribution in [3.05, 3.63) is 82.3 Å². The lowest BCUT2D eigenvalue weighted by molar-refractivity contribution is -0.0142. The van der Waals surface area contributed by atoms with Crippen LogP contribution in [0.1, 0.15) is 29.9 Å². The highest BCUT2D eigenvalue weighted by Crippen LogP contribution is 2.25. The van der Waals surface area contributed by atoms with Gasteiger partial charge in [-0.1, -0.05) is 42.5 Å². The first-order valence-electron chi connectivity index (χ1n) is 12.4. The molecule has 10 nitrogen and oxygen atoms in total. The Hall–Kier alpha value is -3.73. The number of hydrogen-bond donors (Lipinski definition) is 1. The summed E-state index contributed by atoms with van der Waals surface area (Å²) >= 11 is 6.50. The van der Waals surface area contributed by atoms with E-state index in [-0.39, 0.29) is 29.4 Å². The zero-order valence-electron chi connectivity index (χ0n) is 21.3. The van der Waals surface area contributed by atoms with Crippen molar-refractivity contribution < 1.29 is 14.3 Å². The van der Waals surface area contributed by atoms with E-state index < -0.39 is 0 Å². The van der Waals surface area contributed by atoms with Crippen LogP contribution in [0.2, 0.25) is 0 Å². The van der Waals surface area contributed by atoms with E-state index in [1.165, 1.54) is 15.0 Å². The number of rotatable bonds is 8. The van der Waals surface area contributed by atoms with Gasteiger partial charge in [-0.2, -0.15) is 9.50 Å². The predicted molar refractivity (Wildman–Crippen MR) is 143 cm³/mol. The highest BCUT2D eigenvalue weighted by molar-refractivity contribution is 6.24. The lowest BCUT2D eigenvalue weighted by Gasteiger charge is -2.42. The number of nitrogens with one attached hydrogen (secondary N) is 1. The number of halogens is 1. The number of para-hydroxylation sites is 1. The molecule has 1 aliphatic rings. The van der Waals surface area contributed by atoms with Gasteiger partial charge in [-0.25, -0.2) is 9.40 Å². The Morgan fingerprint density at radius 2 is 1.82 bits per heavy atom. The third-order valence-electron chi connectivity index (χ3n) is 6.54. The molecule has 0 aliphatic carbocycles. The summed E-state index contributed by atoms with van der Waals surface area (Å²) in [5, 5.41) is 2.97. The predicted octanol–water partition coefficient (Wildman–Crippen LogP) is 3.37. The third kappa shape index (κ3) is 5.57. The van der Waals surface area contributed by atoms with Crippen LogP contribution in [0.25, 0.3) is 17.2 Å². The van der Waals surface area contributed by atoms with Gasteiger partial charge in [0.15, 0.2) is 5.82 Å². The van der Waals surface area contributed by atoms with Crippen LogP contribution in [0.5, 0.6) is 5.75 Å². The van der Waals surface area contributed by atoms with Crippen LogP contribution in [0.15, 0.2) is 65.5 Å². The molecule has 1 saturated heterocycles. The molecule has 2 aromatic carbocycles. The molecule has 0 radical (unpaired) electrons. The van der Waals surface area contributed by atoms with E-state index in [2.05, 4.69) is 33.8 Å². The van der Waals surface area contributed by atoms with Gasteiger partial charge in [0, 0.05) is 42.0 Å². The molecule has 0 saturated carbocycles. The van der Waals surface area contributed by atoms with Crippen molar-refractivity contribution in [3.8, 4) is 17.1 Å². The van der Waals surface area contributed by atoms with E-state index in [1.54, 1.807) is 24.3 Å². The van der Waals surface area contributed by atoms with Gasteiger partial charge in [-0.05, 0) is 26.0 Å². The minimum absolute atomic E-state index is 0.0227. The average molecular weight is 537 g/mol. The normalized spacial score (nSPS) is 14.5. The third-order valence-corrected chi connectivity index (χ3v) is 6.81. The zero-order valence-corrected chi connectivity index (χ0v) is 22.0. The van der Waals surface area contributed by atoms with Crippen LogP contribution in [0.4, 0.5) is 0 Å². The Kier molecular flexibility index (Phi) is 7.46. The molecular formula is C27H29ClN6O4. The van der Waals surface area contributed by atoms with Crippen molar-refractivity contribution in [1.82, 2.24) is 28.9 Å². The fourth-order valence-corrected chi connectivity index (χ4v) is 4.84. The quantitative estimate of drug-likeness (QED) is 0.344. The van der Waals surface area contributed by atoms with Gasteiger partial charge < -0.3 is 9.47 Å². The second-order valence-corrected chi connectivity index (χ2v) is 10.1. The molecule has 11 heteroatoms. The standard InChI is InChI=1S/C27H29ClN6O4/c1-27(2,32-12-14-37-15-13-32)18-33(28)25(36)21-10-6-7-11-22(21)38-17-20-16-23(35)34-26(29-20)30-24(31-34)19-8-4-3-5-9-19/h3-11,16H,12-15,17-18H2,1-2H3,(H,29,30,31). The summed E-state index contributed by atoms with van der Waals surface area (Å²) in [5.41, 5.74) is 0.902. The van der Waals surface area contributed by atoms with E-state index >= 15 is 0 Å². The number of nitrogens with zero attached hydrogens (tertiary/aromatic N) is 5. The Morgan fingerprint density at radius 3 is 2.58 bits per heavy atom. The van der Waals surface area contributed by atoms with Crippen molar-refractivity contribution in [1.29, 1.82) is 0 Å². The van der Waals surface area contributed by atoms with E-state index in [4.69, 9.17) is 21.3 Å². The number of morpholine rings is 1. The molecule has 0 unspecified atom stereocenters. The Bertz CT molecular complexity index is 1480. The largest absolute Gasteiger partial charge is 0.486 e. The molecule has 0 atom stereocenters. The van der Waals surface area contributed by atoms with Crippen LogP contribution in [-0.2, 0) is 11.3 Å². The highest BCUT2D eigenvalue weighted by atomic mass is 35.5. The molecule has 1 aliphatic heterocycles. The number of carbonyl (C=O) groups excluding carboxylic acids is 1. The lowest BCUT2D eigenvalue weighted by atomic mass is 10.0. The summed E-state index contributed by atoms with van der Waals surface area (Å²) in [7, 11) is 0. The first kappa shape index (κ1) is 25.9. The number of fused-ring (bicyclic) bond motifs is 1. The molecule has 38 heavy (non-hydrogen) atoms. The van der Waals surface area contributed by atoms with Crippen molar-refractivity contribution in [3.63, 3.8) is 0 Å². The van der Waals surface area contributed by atoms with Crippen LogP contribution in [0.3, 0.4) is 0 Å². The van der Waals surface area contributed by atoms with Gasteiger partial charge in [0.25, 0.3) is 17.2 Å². The van der Waals surface area contributed by atoms with Crippen LogP contribution < -0.4 is 10.3 Å². The molecule has 3 heterocycles. The van der Waals surface area contributed by atoms with Crippen molar-refractivity contribution in [2.75, 3.05) is 32.8 Å². The van der Waals surface area contributed by atoms with Crippen molar-refractivity contribution in [2.24, 2.45) is 0 Å². The Balaban J connectivity index is 1.31. The van der Waals surface area contributed by atoms with Crippen molar-refractivity contribution >= 4 is 23.5 Å². The van der Waals surface area contributed by atoms with Crippen LogP contribution >= 0.6 is 11.8 Å². The van der Waals surface area contributed by atoms with E-state index in [0.717, 1.165) is 18.7 Å². The van der Waals surface area contributed by atoms with Crippen LogP contribution in [0, 0.1) is 0 Å². The van der Waals surface area contributed by atoms with Crippen LogP contribution in [-0.4, -0.2) is 73.2 Å². The first-order valence-corrected chi connectivity index (χ1v) is 12.7. The number of H-pyrrole nitrogens is 1. The number of aromatic nitrogens is 4. The second kappa shape index (κ2) is 10.9. The van der Waals surface area contributed by atoms with Gasteiger partial charge in [-0.3, -0.25) is 19.6 Å². The van der Waals surface area contributed by atoms with Gasteiger partial charge in [0.05, 0.1) is 31.0 Å². The molecule has 2 aromatic heterocycles. The molecular weight excluding hydrogens is 508 g/mol. The average Bonchev–Trinajstić information content (AvgIpc) is 3.37. The number of benzene rings is 2. The SMILES string of the molecule is CC(C)(CN(Cl)C(=O)c1ccccc1OCc1cc(=O)n2[nH]c(-c3ccccc3)nc2n1)N1CCOCC1. The van der Waals surface area contributed by atoms with Gasteiger partial charge in [0.2, 0.25) is 0 Å². The molecule has 1 N–H and O–H groups in total. The maximum absolute atomic E-state index is 13.3. The second-order valence-electron chi connectivity index (χ2n) is 9.68. The topological polar surface area (TPSA) is 105 Å². The molecule has 198 valence electrons. The summed E-state index contributed by atoms with van der Waals surface area (Å²) in [4.78, 5) is 37.2. The molecule has 1 amide bonds. The first-order chi connectivity index (χ1) is 18.3. The summed E-state index contributed by atoms with van der Waals surface area (Å²) in [6, 6.07) is 17.7. The molecule has 0 spiro atoms. The Labute approximate surface area is 224 Å². The summed E-state index contributed by atoms with van der Waals surface area (Å²) < 4.78 is 13.9. The highest BCUT2D eigenvalue weighted by Gasteiger charge is 2.32. The summed E-state index contributed by atoms with van der Waals surface area (Å²) in [6.07, 6.45) is 0. The fraction of sp³-hybridized carbons (Fsp3) is 0.333. The minimum Gasteiger partial charge on any atom is -0.486 e. The van der Waals surface area contributed by atoms with Crippen molar-refractivity contribution in [2.45, 2.75) is 26.0 Å². The molecule has 5 rings (SSSR count). The minimum atomic E-state index is -0.369. The smallest absolute Gasteiger partial charge is 0.274 e. The number of ether oxygens (including phenoxy) is 2. The number of hydrogen-bond acceptors (Lipinski definition) is 7. The Morgan fingerprint density at radius 1 is 1.11 bits per heavy atom. The molecule has 4 aromatic rings. The number of amides is 1. The maximum atomic E-state index is 13.3. The van der Waals surface area contributed by atoms with E-state index in [9.17, 15) is 9.59 Å². The summed E-state index contributed by atoms with van der Waals surface area (Å²) in [6.45, 7) is 7.30. The zero-order chi connectivity index (χ0) is 26.7. The van der Waals surface area contributed by atoms with Gasteiger partial charge >= 0.3 is 0 Å². The monoisotopic (exact) mass is 536 g/mol. The molecule has 1 fully saturated rings. The lowest BCUT2D eigenvalue weighted by Crippen LogP contribution is -2.54. The van der Waals surface area contributed by atoms with Gasteiger partial charge in [-0.15, -0.1) is 0 Å². The fourth-order valence-electron chi connectivity index (χ4n) is 4.46. The van der Waals surface area contributed by atoms with E-state index in [1.807, 2.05) is 30.3 Å². The van der Waals surface area contributed by atoms with E-state index in [0.29, 0.717) is 42.6 Å². The number of aromatic amines is 1. The molecule has 0 bridgehead atoms. The summed E-state index contributed by atoms with van der Waals surface area (Å²) in [5.74, 6) is 0.747.